The molecule has 6 nitrogen and oxygen atoms in total. The van der Waals surface area contributed by atoms with Crippen LogP contribution < -0.4 is 0 Å². The van der Waals surface area contributed by atoms with Crippen molar-refractivity contribution in [2.75, 3.05) is 13.6 Å². The number of hydrogen-bond donors (Lipinski definition) is 1. The lowest BCUT2D eigenvalue weighted by Crippen LogP contribution is -2.28. The zero-order valence-corrected chi connectivity index (χ0v) is 8.17. The van der Waals surface area contributed by atoms with Crippen molar-refractivity contribution in [2.24, 2.45) is 5.92 Å². The maximum Gasteiger partial charge on any atom is 0.307 e. The van der Waals surface area contributed by atoms with E-state index in [-0.39, 0.29) is 0 Å². The number of carboxylic acid groups (broad SMARTS) is 1. The van der Waals surface area contributed by atoms with Crippen LogP contribution in [0, 0.1) is 5.92 Å². The number of carboxylic acids is 1. The minimum absolute atomic E-state index is 0.396. The molecule has 0 fully saturated rings. The second-order valence-electron chi connectivity index (χ2n) is 3.28. The van der Waals surface area contributed by atoms with Gasteiger partial charge in [0.15, 0.2) is 5.82 Å². The van der Waals surface area contributed by atoms with Crippen LogP contribution in [-0.4, -0.2) is 39.7 Å². The smallest absolute Gasteiger partial charge is 0.307 e. The summed E-state index contributed by atoms with van der Waals surface area (Å²) in [5.74, 6) is -0.637. The molecule has 1 rings (SSSR count). The van der Waals surface area contributed by atoms with Gasteiger partial charge in [-0.25, -0.2) is 0 Å². The summed E-state index contributed by atoms with van der Waals surface area (Å²) < 4.78 is 4.56. The number of carbonyl (C=O) groups is 1. The molecule has 0 aromatic carbocycles. The highest BCUT2D eigenvalue weighted by Gasteiger charge is 2.14. The number of nitrogens with zero attached hydrogens (tertiary/aromatic N) is 3. The van der Waals surface area contributed by atoms with Crippen LogP contribution in [0.5, 0.6) is 0 Å². The molecule has 1 aromatic heterocycles. The number of aromatic nitrogens is 2. The van der Waals surface area contributed by atoms with Crippen molar-refractivity contribution in [3.63, 3.8) is 0 Å². The van der Waals surface area contributed by atoms with E-state index in [2.05, 4.69) is 14.7 Å². The average Bonchev–Trinajstić information content (AvgIpc) is 2.56. The molecule has 14 heavy (non-hydrogen) atoms. The zero-order valence-electron chi connectivity index (χ0n) is 8.17. The fraction of sp³-hybridized carbons (Fsp3) is 0.625. The van der Waals surface area contributed by atoms with E-state index in [0.717, 1.165) is 0 Å². The summed E-state index contributed by atoms with van der Waals surface area (Å²) in [6.07, 6.45) is 1.25. The van der Waals surface area contributed by atoms with Gasteiger partial charge < -0.3 is 9.63 Å². The maximum atomic E-state index is 10.6. The molecule has 1 N–H and O–H groups in total. The van der Waals surface area contributed by atoms with Gasteiger partial charge in [0.05, 0.1) is 12.5 Å². The van der Waals surface area contributed by atoms with Crippen molar-refractivity contribution >= 4 is 5.97 Å². The Morgan fingerprint density at radius 3 is 3.00 bits per heavy atom. The van der Waals surface area contributed by atoms with Crippen LogP contribution in [0.15, 0.2) is 10.9 Å². The number of hydrogen-bond acceptors (Lipinski definition) is 5. The van der Waals surface area contributed by atoms with Gasteiger partial charge in [0.2, 0.25) is 6.39 Å². The van der Waals surface area contributed by atoms with Gasteiger partial charge in [-0.2, -0.15) is 4.98 Å². The minimum Gasteiger partial charge on any atom is -0.481 e. The Labute approximate surface area is 81.5 Å². The van der Waals surface area contributed by atoms with Gasteiger partial charge in [0.1, 0.15) is 0 Å². The van der Waals surface area contributed by atoms with E-state index in [9.17, 15) is 4.79 Å². The number of aliphatic carboxylic acids is 1. The first kappa shape index (κ1) is 10.6. The molecule has 1 unspecified atom stereocenters. The van der Waals surface area contributed by atoms with Gasteiger partial charge in [-0.1, -0.05) is 12.1 Å². The second-order valence-corrected chi connectivity index (χ2v) is 3.28. The molecule has 0 radical (unpaired) electrons. The molecule has 6 heteroatoms. The van der Waals surface area contributed by atoms with Crippen LogP contribution in [0.1, 0.15) is 12.7 Å². The molecule has 0 bridgehead atoms. The third-order valence-corrected chi connectivity index (χ3v) is 1.83. The quantitative estimate of drug-likeness (QED) is 0.730. The Hall–Kier alpha value is -1.43. The number of rotatable bonds is 5. The van der Waals surface area contributed by atoms with Crippen LogP contribution in [-0.2, 0) is 11.3 Å². The maximum absolute atomic E-state index is 10.6. The van der Waals surface area contributed by atoms with E-state index in [1.165, 1.54) is 6.39 Å². The lowest BCUT2D eigenvalue weighted by Gasteiger charge is -2.16. The molecule has 0 spiro atoms. The van der Waals surface area contributed by atoms with Crippen molar-refractivity contribution in [3.8, 4) is 0 Å². The van der Waals surface area contributed by atoms with E-state index in [1.807, 2.05) is 11.9 Å². The lowest BCUT2D eigenvalue weighted by atomic mass is 10.2. The van der Waals surface area contributed by atoms with E-state index in [1.54, 1.807) is 6.92 Å². The van der Waals surface area contributed by atoms with E-state index in [0.29, 0.717) is 18.9 Å². The third-order valence-electron chi connectivity index (χ3n) is 1.83. The SMILES string of the molecule is CC(CN(C)Cc1ncon1)C(=O)O. The first-order valence-electron chi connectivity index (χ1n) is 4.26. The van der Waals surface area contributed by atoms with Crippen molar-refractivity contribution < 1.29 is 14.4 Å². The van der Waals surface area contributed by atoms with Crippen molar-refractivity contribution in [3.05, 3.63) is 12.2 Å². The monoisotopic (exact) mass is 199 g/mol. The Balaban J connectivity index is 2.36. The molecule has 78 valence electrons. The molecule has 1 heterocycles. The molecule has 1 atom stereocenters. The summed E-state index contributed by atoms with van der Waals surface area (Å²) in [5, 5.41) is 12.3. The summed E-state index contributed by atoms with van der Waals surface area (Å²) in [5.41, 5.74) is 0. The van der Waals surface area contributed by atoms with Crippen LogP contribution in [0.4, 0.5) is 0 Å². The first-order valence-corrected chi connectivity index (χ1v) is 4.26. The second kappa shape index (κ2) is 4.71. The molecule has 0 aliphatic rings. The molecule has 0 aliphatic carbocycles. The Kier molecular flexibility index (Phi) is 3.58. The summed E-state index contributed by atoms with van der Waals surface area (Å²) in [4.78, 5) is 16.2. The molecule has 0 aliphatic heterocycles. The van der Waals surface area contributed by atoms with Crippen molar-refractivity contribution in [1.82, 2.24) is 15.0 Å². The average molecular weight is 199 g/mol. The normalized spacial score (nSPS) is 13.1. The largest absolute Gasteiger partial charge is 0.481 e. The summed E-state index contributed by atoms with van der Waals surface area (Å²) >= 11 is 0. The van der Waals surface area contributed by atoms with Crippen molar-refractivity contribution in [2.45, 2.75) is 13.5 Å². The summed E-state index contributed by atoms with van der Waals surface area (Å²) in [6.45, 7) is 2.62. The zero-order chi connectivity index (χ0) is 10.6. The van der Waals surface area contributed by atoms with Gasteiger partial charge in [-0.15, -0.1) is 0 Å². The molecule has 0 saturated heterocycles. The summed E-state index contributed by atoms with van der Waals surface area (Å²) in [7, 11) is 1.82. The summed E-state index contributed by atoms with van der Waals surface area (Å²) in [6, 6.07) is 0. The predicted molar refractivity (Wildman–Crippen MR) is 47.4 cm³/mol. The van der Waals surface area contributed by atoms with Crippen LogP contribution in [0.3, 0.4) is 0 Å². The van der Waals surface area contributed by atoms with Gasteiger partial charge in [-0.05, 0) is 7.05 Å². The van der Waals surface area contributed by atoms with Crippen LogP contribution in [0.2, 0.25) is 0 Å². The molecular weight excluding hydrogens is 186 g/mol. The fourth-order valence-electron chi connectivity index (χ4n) is 1.11. The van der Waals surface area contributed by atoms with E-state index < -0.39 is 11.9 Å². The highest BCUT2D eigenvalue weighted by molar-refractivity contribution is 5.69. The van der Waals surface area contributed by atoms with Crippen molar-refractivity contribution in [1.29, 1.82) is 0 Å². The Morgan fingerprint density at radius 2 is 2.50 bits per heavy atom. The van der Waals surface area contributed by atoms with Gasteiger partial charge in [-0.3, -0.25) is 9.69 Å². The highest BCUT2D eigenvalue weighted by atomic mass is 16.5. The molecule has 0 saturated carbocycles. The standard InChI is InChI=1S/C8H13N3O3/c1-6(8(12)13)3-11(2)4-7-9-5-14-10-7/h5-6H,3-4H2,1-2H3,(H,12,13). The van der Waals surface area contributed by atoms with Crippen LogP contribution >= 0.6 is 0 Å². The minimum atomic E-state index is -0.801. The Bertz CT molecular complexity index is 286. The molecule has 0 amide bonds. The van der Waals surface area contributed by atoms with Crippen LogP contribution in [0.25, 0.3) is 0 Å². The first-order chi connectivity index (χ1) is 6.59. The molecule has 1 aromatic rings. The fourth-order valence-corrected chi connectivity index (χ4v) is 1.11. The van der Waals surface area contributed by atoms with Gasteiger partial charge in [0.25, 0.3) is 0 Å². The topological polar surface area (TPSA) is 79.5 Å². The predicted octanol–water partition coefficient (Wildman–Crippen LogP) is 0.222. The van der Waals surface area contributed by atoms with E-state index >= 15 is 0 Å². The van der Waals surface area contributed by atoms with E-state index in [4.69, 9.17) is 5.11 Å². The third kappa shape index (κ3) is 3.14. The molecular formula is C8H13N3O3. The Morgan fingerprint density at radius 1 is 1.79 bits per heavy atom. The van der Waals surface area contributed by atoms with Gasteiger partial charge >= 0.3 is 5.97 Å². The highest BCUT2D eigenvalue weighted by Crippen LogP contribution is 2.01. The lowest BCUT2D eigenvalue weighted by molar-refractivity contribution is -0.141. The van der Waals surface area contributed by atoms with Gasteiger partial charge in [0, 0.05) is 6.54 Å².